The summed E-state index contributed by atoms with van der Waals surface area (Å²) in [5, 5.41) is 6.18. The monoisotopic (exact) mass is 199 g/mol. The first-order valence-corrected chi connectivity index (χ1v) is 5.44. The first-order valence-electron chi connectivity index (χ1n) is 5.44. The number of piperidine rings is 1. The van der Waals surface area contributed by atoms with Crippen molar-refractivity contribution >= 4 is 5.91 Å². The van der Waals surface area contributed by atoms with E-state index in [1.807, 2.05) is 0 Å². The van der Waals surface area contributed by atoms with Gasteiger partial charge in [-0.25, -0.2) is 0 Å². The van der Waals surface area contributed by atoms with Crippen LogP contribution < -0.4 is 16.4 Å². The van der Waals surface area contributed by atoms with Crippen LogP contribution in [0, 0.1) is 5.41 Å². The summed E-state index contributed by atoms with van der Waals surface area (Å²) in [5.41, 5.74) is 5.23. The quantitative estimate of drug-likeness (QED) is 0.589. The molecular weight excluding hydrogens is 178 g/mol. The van der Waals surface area contributed by atoms with Crippen molar-refractivity contribution in [3.05, 3.63) is 0 Å². The highest BCUT2D eigenvalue weighted by molar-refractivity contribution is 5.82. The minimum absolute atomic E-state index is 0.138. The summed E-state index contributed by atoms with van der Waals surface area (Å²) in [6, 6.07) is 0. The number of carbonyl (C=O) groups excluding carboxylic acids is 1. The number of nitrogens with two attached hydrogens (primary N) is 1. The Balaban J connectivity index is 2.53. The average Bonchev–Trinajstić information content (AvgIpc) is 2.26. The molecule has 0 unspecified atom stereocenters. The first kappa shape index (κ1) is 11.5. The Hall–Kier alpha value is -0.610. The summed E-state index contributed by atoms with van der Waals surface area (Å²) in [4.78, 5) is 11.9. The lowest BCUT2D eigenvalue weighted by molar-refractivity contribution is -0.132. The normalized spacial score (nSPS) is 20.4. The van der Waals surface area contributed by atoms with Gasteiger partial charge in [0.2, 0.25) is 5.91 Å². The standard InChI is InChI=1S/C10H21N3O/c1-2-10(3-6-12-7-4-10)9(14)13-8-5-11/h12H,2-8,11H2,1H3,(H,13,14). The van der Waals surface area contributed by atoms with E-state index in [9.17, 15) is 4.79 Å². The summed E-state index contributed by atoms with van der Waals surface area (Å²) in [5.74, 6) is 0.187. The Kier molecular flexibility index (Phi) is 4.35. The molecule has 1 amide bonds. The summed E-state index contributed by atoms with van der Waals surface area (Å²) in [6.45, 7) is 5.10. The Labute approximate surface area is 85.6 Å². The van der Waals surface area contributed by atoms with E-state index in [0.29, 0.717) is 13.1 Å². The lowest BCUT2D eigenvalue weighted by Gasteiger charge is -2.35. The van der Waals surface area contributed by atoms with Crippen LogP contribution in [-0.2, 0) is 4.79 Å². The number of amides is 1. The fraction of sp³-hybridized carbons (Fsp3) is 0.900. The number of nitrogens with one attached hydrogen (secondary N) is 2. The summed E-state index contributed by atoms with van der Waals surface area (Å²) >= 11 is 0. The number of carbonyl (C=O) groups is 1. The van der Waals surface area contributed by atoms with Gasteiger partial charge in [0, 0.05) is 13.1 Å². The van der Waals surface area contributed by atoms with Crippen molar-refractivity contribution in [2.24, 2.45) is 11.1 Å². The zero-order valence-corrected chi connectivity index (χ0v) is 8.94. The molecule has 0 aromatic rings. The number of rotatable bonds is 4. The van der Waals surface area contributed by atoms with Crippen molar-refractivity contribution in [2.45, 2.75) is 26.2 Å². The molecule has 0 aromatic carbocycles. The minimum Gasteiger partial charge on any atom is -0.354 e. The Morgan fingerprint density at radius 3 is 2.64 bits per heavy atom. The van der Waals surface area contributed by atoms with Gasteiger partial charge in [0.25, 0.3) is 0 Å². The van der Waals surface area contributed by atoms with Gasteiger partial charge < -0.3 is 16.4 Å². The fourth-order valence-corrected chi connectivity index (χ4v) is 2.02. The van der Waals surface area contributed by atoms with Gasteiger partial charge in [0.1, 0.15) is 0 Å². The zero-order valence-electron chi connectivity index (χ0n) is 8.94. The topological polar surface area (TPSA) is 67.2 Å². The van der Waals surface area contributed by atoms with Gasteiger partial charge in [0.05, 0.1) is 5.41 Å². The summed E-state index contributed by atoms with van der Waals surface area (Å²) < 4.78 is 0. The van der Waals surface area contributed by atoms with Crippen LogP contribution in [0.4, 0.5) is 0 Å². The number of hydrogen-bond donors (Lipinski definition) is 3. The third kappa shape index (κ3) is 2.45. The van der Waals surface area contributed by atoms with E-state index in [-0.39, 0.29) is 11.3 Å². The van der Waals surface area contributed by atoms with E-state index in [1.165, 1.54) is 0 Å². The zero-order chi connectivity index (χ0) is 10.4. The second kappa shape index (κ2) is 5.32. The molecule has 4 nitrogen and oxygen atoms in total. The van der Waals surface area contributed by atoms with E-state index in [2.05, 4.69) is 17.6 Å². The molecule has 4 N–H and O–H groups in total. The van der Waals surface area contributed by atoms with Crippen molar-refractivity contribution in [1.29, 1.82) is 0 Å². The molecule has 1 aliphatic rings. The molecule has 0 saturated carbocycles. The fourth-order valence-electron chi connectivity index (χ4n) is 2.02. The van der Waals surface area contributed by atoms with Crippen LogP contribution in [-0.4, -0.2) is 32.1 Å². The van der Waals surface area contributed by atoms with Crippen molar-refractivity contribution in [3.8, 4) is 0 Å². The van der Waals surface area contributed by atoms with E-state index < -0.39 is 0 Å². The highest BCUT2D eigenvalue weighted by Gasteiger charge is 2.37. The van der Waals surface area contributed by atoms with Crippen molar-refractivity contribution in [3.63, 3.8) is 0 Å². The molecule has 82 valence electrons. The molecule has 0 bridgehead atoms. The second-order valence-electron chi connectivity index (χ2n) is 3.93. The molecule has 0 atom stereocenters. The largest absolute Gasteiger partial charge is 0.354 e. The molecule has 1 saturated heterocycles. The van der Waals surface area contributed by atoms with E-state index in [4.69, 9.17) is 5.73 Å². The highest BCUT2D eigenvalue weighted by atomic mass is 16.2. The molecule has 1 heterocycles. The lowest BCUT2D eigenvalue weighted by atomic mass is 9.76. The molecule has 0 radical (unpaired) electrons. The number of hydrogen-bond acceptors (Lipinski definition) is 3. The molecule has 1 aliphatic heterocycles. The van der Waals surface area contributed by atoms with Gasteiger partial charge in [0.15, 0.2) is 0 Å². The molecular formula is C10H21N3O. The summed E-state index contributed by atoms with van der Waals surface area (Å²) in [7, 11) is 0. The predicted octanol–water partition coefficient (Wildman–Crippen LogP) is -0.159. The predicted molar refractivity (Wildman–Crippen MR) is 56.9 cm³/mol. The second-order valence-corrected chi connectivity index (χ2v) is 3.93. The van der Waals surface area contributed by atoms with Gasteiger partial charge in [-0.15, -0.1) is 0 Å². The molecule has 4 heteroatoms. The molecule has 0 aliphatic carbocycles. The third-order valence-electron chi connectivity index (χ3n) is 3.15. The van der Waals surface area contributed by atoms with Gasteiger partial charge in [-0.3, -0.25) is 4.79 Å². The van der Waals surface area contributed by atoms with Gasteiger partial charge in [-0.1, -0.05) is 6.92 Å². The van der Waals surface area contributed by atoms with E-state index in [0.717, 1.165) is 32.4 Å². The van der Waals surface area contributed by atoms with Crippen LogP contribution in [0.25, 0.3) is 0 Å². The van der Waals surface area contributed by atoms with Crippen LogP contribution in [0.5, 0.6) is 0 Å². The Morgan fingerprint density at radius 2 is 2.14 bits per heavy atom. The first-order chi connectivity index (χ1) is 6.75. The lowest BCUT2D eigenvalue weighted by Crippen LogP contribution is -2.48. The van der Waals surface area contributed by atoms with Crippen molar-refractivity contribution in [1.82, 2.24) is 10.6 Å². The van der Waals surface area contributed by atoms with Crippen molar-refractivity contribution in [2.75, 3.05) is 26.2 Å². The third-order valence-corrected chi connectivity index (χ3v) is 3.15. The SMILES string of the molecule is CCC1(C(=O)NCCN)CCNCC1. The maximum Gasteiger partial charge on any atom is 0.226 e. The van der Waals surface area contributed by atoms with Crippen LogP contribution in [0.3, 0.4) is 0 Å². The highest BCUT2D eigenvalue weighted by Crippen LogP contribution is 2.32. The average molecular weight is 199 g/mol. The molecule has 14 heavy (non-hydrogen) atoms. The minimum atomic E-state index is -0.138. The molecule has 0 spiro atoms. The van der Waals surface area contributed by atoms with Gasteiger partial charge in [-0.05, 0) is 32.4 Å². The smallest absolute Gasteiger partial charge is 0.226 e. The maximum atomic E-state index is 11.9. The maximum absolute atomic E-state index is 11.9. The van der Waals surface area contributed by atoms with Crippen LogP contribution in [0.15, 0.2) is 0 Å². The van der Waals surface area contributed by atoms with Gasteiger partial charge in [-0.2, -0.15) is 0 Å². The van der Waals surface area contributed by atoms with Crippen LogP contribution >= 0.6 is 0 Å². The Morgan fingerprint density at radius 1 is 1.50 bits per heavy atom. The van der Waals surface area contributed by atoms with Crippen LogP contribution in [0.2, 0.25) is 0 Å². The molecule has 0 aromatic heterocycles. The molecule has 1 rings (SSSR count). The summed E-state index contributed by atoms with van der Waals surface area (Å²) in [6.07, 6.45) is 2.81. The van der Waals surface area contributed by atoms with Gasteiger partial charge >= 0.3 is 0 Å². The Bertz CT molecular complexity index is 188. The van der Waals surface area contributed by atoms with E-state index >= 15 is 0 Å². The van der Waals surface area contributed by atoms with Crippen molar-refractivity contribution < 1.29 is 4.79 Å². The molecule has 1 fully saturated rings. The van der Waals surface area contributed by atoms with Crippen LogP contribution in [0.1, 0.15) is 26.2 Å². The van der Waals surface area contributed by atoms with E-state index in [1.54, 1.807) is 0 Å².